The van der Waals surface area contributed by atoms with Gasteiger partial charge in [0.05, 0.1) is 25.8 Å². The number of rotatable bonds is 9. The molecular weight excluding hydrogens is 502 g/mol. The van der Waals surface area contributed by atoms with Crippen molar-refractivity contribution >= 4 is 28.9 Å². The largest absolute Gasteiger partial charge is 0.478 e. The maximum atomic E-state index is 12.9. The third kappa shape index (κ3) is 7.92. The number of nitrogens with zero attached hydrogens (tertiary/aromatic N) is 2. The molecule has 2 aliphatic rings. The molecule has 3 aromatic rings. The highest BCUT2D eigenvalue weighted by atomic mass is 16.6. The first-order chi connectivity index (χ1) is 18.9. The molecule has 10 heteroatoms. The highest BCUT2D eigenvalue weighted by molar-refractivity contribution is 5.89. The summed E-state index contributed by atoms with van der Waals surface area (Å²) in [7, 11) is 0. The summed E-state index contributed by atoms with van der Waals surface area (Å²) >= 11 is 0. The van der Waals surface area contributed by atoms with E-state index in [2.05, 4.69) is 34.1 Å². The number of carbonyl (C=O) groups excluding carboxylic acids is 1. The number of aliphatic carboxylic acids is 2. The molecule has 206 valence electrons. The van der Waals surface area contributed by atoms with Gasteiger partial charge in [0.25, 0.3) is 0 Å². The summed E-state index contributed by atoms with van der Waals surface area (Å²) in [5.41, 5.74) is 3.48. The molecule has 2 fully saturated rings. The summed E-state index contributed by atoms with van der Waals surface area (Å²) in [5.74, 6) is -2.51. The zero-order chi connectivity index (χ0) is 27.6. The van der Waals surface area contributed by atoms with Gasteiger partial charge >= 0.3 is 18.0 Å². The summed E-state index contributed by atoms with van der Waals surface area (Å²) in [5, 5.41) is 16.8. The van der Waals surface area contributed by atoms with E-state index in [-0.39, 0.29) is 18.2 Å². The number of aromatic amines is 1. The van der Waals surface area contributed by atoms with Gasteiger partial charge in [0, 0.05) is 55.3 Å². The van der Waals surface area contributed by atoms with Gasteiger partial charge in [-0.05, 0) is 23.6 Å². The van der Waals surface area contributed by atoms with E-state index < -0.39 is 11.9 Å². The Hall–Kier alpha value is -4.15. The maximum Gasteiger partial charge on any atom is 0.410 e. The average Bonchev–Trinajstić information content (AvgIpc) is 3.52. The minimum atomic E-state index is -1.26. The van der Waals surface area contributed by atoms with E-state index in [0.29, 0.717) is 18.7 Å². The Morgan fingerprint density at radius 2 is 1.67 bits per heavy atom. The van der Waals surface area contributed by atoms with Gasteiger partial charge in [-0.15, -0.1) is 0 Å². The van der Waals surface area contributed by atoms with Crippen molar-refractivity contribution in [3.63, 3.8) is 0 Å². The van der Waals surface area contributed by atoms with Crippen LogP contribution in [-0.2, 0) is 25.5 Å². The molecule has 3 heterocycles. The second kappa shape index (κ2) is 13.6. The average molecular weight is 536 g/mol. The van der Waals surface area contributed by atoms with Gasteiger partial charge in [-0.3, -0.25) is 9.80 Å². The number of ether oxygens (including phenoxy) is 2. The molecule has 1 aromatic heterocycles. The van der Waals surface area contributed by atoms with Crippen molar-refractivity contribution in [2.75, 3.05) is 39.4 Å². The molecule has 39 heavy (non-hydrogen) atoms. The summed E-state index contributed by atoms with van der Waals surface area (Å²) in [4.78, 5) is 39.7. The molecule has 1 amide bonds. The Labute approximate surface area is 226 Å². The number of carboxylic acid groups (broad SMARTS) is 2. The van der Waals surface area contributed by atoms with Crippen molar-refractivity contribution in [2.45, 2.75) is 25.0 Å². The lowest BCUT2D eigenvalue weighted by atomic mass is 10.0. The van der Waals surface area contributed by atoms with Crippen LogP contribution in [0.25, 0.3) is 10.9 Å². The minimum absolute atomic E-state index is 0.0181. The monoisotopic (exact) mass is 535 g/mol. The number of hydrogen-bond acceptors (Lipinski definition) is 6. The predicted molar refractivity (Wildman–Crippen MR) is 144 cm³/mol. The third-order valence-electron chi connectivity index (χ3n) is 6.78. The number of benzene rings is 2. The normalized spacial score (nSPS) is 18.5. The Bertz CT molecular complexity index is 1270. The molecule has 10 nitrogen and oxygen atoms in total. The topological polar surface area (TPSA) is 132 Å². The first-order valence-corrected chi connectivity index (χ1v) is 12.9. The first kappa shape index (κ1) is 27.9. The predicted octanol–water partition coefficient (Wildman–Crippen LogP) is 3.71. The standard InChI is InChI=1S/C25H29N3O3.C4H4O4/c29-25-28(18-21(31-25)16-20-17-26-23-9-5-4-8-22(20)23)24(19-6-2-1-3-7-19)10-11-27-12-14-30-15-13-27;5-3(6)1-2-4(7)8/h1-9,17,21,24,26H,10-16,18H2;1-2H,(H,5,6)(H,7,8). The lowest BCUT2D eigenvalue weighted by Crippen LogP contribution is -2.39. The number of cyclic esters (lactones) is 1. The van der Waals surface area contributed by atoms with Gasteiger partial charge in [0.1, 0.15) is 6.10 Å². The van der Waals surface area contributed by atoms with Crippen molar-refractivity contribution in [1.82, 2.24) is 14.8 Å². The fourth-order valence-electron chi connectivity index (χ4n) is 4.90. The van der Waals surface area contributed by atoms with Crippen LogP contribution in [0.1, 0.15) is 23.6 Å². The van der Waals surface area contributed by atoms with E-state index in [1.807, 2.05) is 41.4 Å². The van der Waals surface area contributed by atoms with E-state index in [1.165, 1.54) is 16.5 Å². The van der Waals surface area contributed by atoms with Crippen molar-refractivity contribution in [3.05, 3.63) is 84.1 Å². The van der Waals surface area contributed by atoms with Crippen LogP contribution in [-0.4, -0.2) is 88.5 Å². The number of nitrogens with one attached hydrogen (secondary N) is 1. The van der Waals surface area contributed by atoms with Gasteiger partial charge in [0.2, 0.25) is 0 Å². The molecule has 0 radical (unpaired) electrons. The summed E-state index contributed by atoms with van der Waals surface area (Å²) in [6.45, 7) is 5.04. The van der Waals surface area contributed by atoms with Crippen molar-refractivity contribution in [2.24, 2.45) is 0 Å². The van der Waals surface area contributed by atoms with Gasteiger partial charge in [-0.2, -0.15) is 0 Å². The molecule has 3 N–H and O–H groups in total. The van der Waals surface area contributed by atoms with Gasteiger partial charge < -0.3 is 24.7 Å². The van der Waals surface area contributed by atoms with Crippen molar-refractivity contribution in [1.29, 1.82) is 0 Å². The van der Waals surface area contributed by atoms with Crippen LogP contribution in [0, 0.1) is 0 Å². The number of carboxylic acids is 2. The fourth-order valence-corrected chi connectivity index (χ4v) is 4.90. The second-order valence-electron chi connectivity index (χ2n) is 9.40. The Morgan fingerprint density at radius 1 is 1.00 bits per heavy atom. The van der Waals surface area contributed by atoms with E-state index in [0.717, 1.165) is 51.2 Å². The Kier molecular flexibility index (Phi) is 9.71. The molecule has 0 saturated carbocycles. The lowest BCUT2D eigenvalue weighted by molar-refractivity contribution is -0.134. The highest BCUT2D eigenvalue weighted by Crippen LogP contribution is 2.31. The molecule has 0 bridgehead atoms. The molecule has 2 aromatic carbocycles. The number of morpholine rings is 1. The second-order valence-corrected chi connectivity index (χ2v) is 9.40. The molecule has 2 saturated heterocycles. The number of aromatic nitrogens is 1. The van der Waals surface area contributed by atoms with Crippen LogP contribution in [0.4, 0.5) is 4.79 Å². The van der Waals surface area contributed by atoms with Gasteiger partial charge in [-0.1, -0.05) is 48.5 Å². The molecule has 0 spiro atoms. The van der Waals surface area contributed by atoms with E-state index >= 15 is 0 Å². The number of fused-ring (bicyclic) bond motifs is 1. The number of amides is 1. The highest BCUT2D eigenvalue weighted by Gasteiger charge is 2.37. The quantitative estimate of drug-likeness (QED) is 0.353. The summed E-state index contributed by atoms with van der Waals surface area (Å²) in [6, 6.07) is 18.6. The fraction of sp³-hybridized carbons (Fsp3) is 0.345. The summed E-state index contributed by atoms with van der Waals surface area (Å²) in [6.07, 6.45) is 4.41. The Morgan fingerprint density at radius 3 is 2.36 bits per heavy atom. The lowest BCUT2D eigenvalue weighted by Gasteiger charge is -2.31. The molecular formula is C29H33N3O7. The van der Waals surface area contributed by atoms with Crippen molar-refractivity contribution in [3.8, 4) is 0 Å². The van der Waals surface area contributed by atoms with Gasteiger partial charge in [0.15, 0.2) is 0 Å². The SMILES string of the molecule is O=C(O)C=CC(=O)O.O=C1OC(Cc2c[nH]c3ccccc23)CN1C(CCN1CCOCC1)c1ccccc1. The zero-order valence-corrected chi connectivity index (χ0v) is 21.6. The number of H-pyrrole nitrogens is 1. The van der Waals surface area contributed by atoms with E-state index in [1.54, 1.807) is 0 Å². The molecule has 2 atom stereocenters. The first-order valence-electron chi connectivity index (χ1n) is 12.9. The number of para-hydroxylation sites is 1. The van der Waals surface area contributed by atoms with E-state index in [9.17, 15) is 14.4 Å². The third-order valence-corrected chi connectivity index (χ3v) is 6.78. The summed E-state index contributed by atoms with van der Waals surface area (Å²) < 4.78 is 11.3. The minimum Gasteiger partial charge on any atom is -0.478 e. The van der Waals surface area contributed by atoms with Crippen LogP contribution in [0.2, 0.25) is 0 Å². The number of hydrogen-bond donors (Lipinski definition) is 3. The number of carbonyl (C=O) groups is 3. The smallest absolute Gasteiger partial charge is 0.410 e. The molecule has 2 aliphatic heterocycles. The zero-order valence-electron chi connectivity index (χ0n) is 21.6. The molecule has 0 aliphatic carbocycles. The van der Waals surface area contributed by atoms with Crippen molar-refractivity contribution < 1.29 is 34.1 Å². The van der Waals surface area contributed by atoms with Crippen LogP contribution < -0.4 is 0 Å². The van der Waals surface area contributed by atoms with Crippen LogP contribution >= 0.6 is 0 Å². The van der Waals surface area contributed by atoms with E-state index in [4.69, 9.17) is 19.7 Å². The van der Waals surface area contributed by atoms with Crippen LogP contribution in [0.3, 0.4) is 0 Å². The molecule has 5 rings (SSSR count). The Balaban J connectivity index is 0.000000386. The molecule has 2 unspecified atom stereocenters. The maximum absolute atomic E-state index is 12.9. The van der Waals surface area contributed by atoms with Crippen LogP contribution in [0.5, 0.6) is 0 Å². The van der Waals surface area contributed by atoms with Crippen LogP contribution in [0.15, 0.2) is 72.9 Å². The van der Waals surface area contributed by atoms with Gasteiger partial charge in [-0.25, -0.2) is 14.4 Å².